The SMILES string of the molecule is Cc1nc(NC(C)CC(C)C)nc2c1nc(-c1ccccc1)n2CCC1CCNCC1. The molecule has 0 bridgehead atoms. The zero-order valence-corrected chi connectivity index (χ0v) is 19.4. The van der Waals surface area contributed by atoms with Crippen molar-refractivity contribution in [2.24, 2.45) is 11.8 Å². The van der Waals surface area contributed by atoms with Crippen LogP contribution < -0.4 is 10.6 Å². The minimum atomic E-state index is 0.330. The third-order valence-electron chi connectivity index (χ3n) is 6.22. The number of piperidine rings is 1. The maximum Gasteiger partial charge on any atom is 0.225 e. The Bertz CT molecular complexity index is 988. The van der Waals surface area contributed by atoms with Crippen molar-refractivity contribution in [2.75, 3.05) is 18.4 Å². The molecule has 0 saturated carbocycles. The average Bonchev–Trinajstić information content (AvgIpc) is 3.12. The molecule has 1 atom stereocenters. The number of aryl methyl sites for hydroxylation is 2. The Balaban J connectivity index is 1.70. The van der Waals surface area contributed by atoms with Gasteiger partial charge in [0, 0.05) is 18.2 Å². The number of aromatic nitrogens is 4. The minimum absolute atomic E-state index is 0.330. The second-order valence-corrected chi connectivity index (χ2v) is 9.41. The van der Waals surface area contributed by atoms with E-state index >= 15 is 0 Å². The molecule has 2 aromatic heterocycles. The van der Waals surface area contributed by atoms with E-state index in [4.69, 9.17) is 15.0 Å². The van der Waals surface area contributed by atoms with Gasteiger partial charge in [-0.05, 0) is 64.5 Å². The summed E-state index contributed by atoms with van der Waals surface area (Å²) in [6.45, 7) is 11.9. The number of hydrogen-bond donors (Lipinski definition) is 2. The van der Waals surface area contributed by atoms with Crippen LogP contribution in [0.2, 0.25) is 0 Å². The number of imidazole rings is 1. The Labute approximate surface area is 185 Å². The molecule has 1 aliphatic heterocycles. The van der Waals surface area contributed by atoms with Crippen LogP contribution in [0.25, 0.3) is 22.6 Å². The second kappa shape index (κ2) is 9.77. The first-order valence-electron chi connectivity index (χ1n) is 11.8. The van der Waals surface area contributed by atoms with Crippen LogP contribution in [0.15, 0.2) is 30.3 Å². The molecule has 0 amide bonds. The van der Waals surface area contributed by atoms with Gasteiger partial charge in [0.1, 0.15) is 11.3 Å². The van der Waals surface area contributed by atoms with Gasteiger partial charge in [-0.3, -0.25) is 0 Å². The van der Waals surface area contributed by atoms with Crippen molar-refractivity contribution in [1.82, 2.24) is 24.8 Å². The molecule has 3 aromatic rings. The van der Waals surface area contributed by atoms with E-state index in [1.54, 1.807) is 0 Å². The summed E-state index contributed by atoms with van der Waals surface area (Å²) in [5.41, 5.74) is 3.92. The molecule has 1 unspecified atom stereocenters. The van der Waals surface area contributed by atoms with E-state index in [2.05, 4.69) is 66.3 Å². The predicted molar refractivity (Wildman–Crippen MR) is 128 cm³/mol. The van der Waals surface area contributed by atoms with Crippen LogP contribution in [-0.2, 0) is 6.54 Å². The normalized spacial score (nSPS) is 16.2. The summed E-state index contributed by atoms with van der Waals surface area (Å²) < 4.78 is 2.32. The van der Waals surface area contributed by atoms with E-state index < -0.39 is 0 Å². The van der Waals surface area contributed by atoms with E-state index in [-0.39, 0.29) is 0 Å². The number of hydrogen-bond acceptors (Lipinski definition) is 5. The highest BCUT2D eigenvalue weighted by Crippen LogP contribution is 2.28. The number of fused-ring (bicyclic) bond motifs is 1. The van der Waals surface area contributed by atoms with Gasteiger partial charge in [-0.2, -0.15) is 4.98 Å². The lowest BCUT2D eigenvalue weighted by Gasteiger charge is -2.23. The highest BCUT2D eigenvalue weighted by atomic mass is 15.2. The van der Waals surface area contributed by atoms with Crippen molar-refractivity contribution in [2.45, 2.75) is 66.0 Å². The molecule has 166 valence electrons. The molecule has 4 rings (SSSR count). The average molecular weight is 421 g/mol. The van der Waals surface area contributed by atoms with Crippen LogP contribution in [0.5, 0.6) is 0 Å². The first-order chi connectivity index (χ1) is 15.0. The molecule has 0 radical (unpaired) electrons. The van der Waals surface area contributed by atoms with Crippen molar-refractivity contribution in [3.8, 4) is 11.4 Å². The molecule has 1 aromatic carbocycles. The highest BCUT2D eigenvalue weighted by molar-refractivity contribution is 5.80. The van der Waals surface area contributed by atoms with E-state index in [1.165, 1.54) is 12.8 Å². The van der Waals surface area contributed by atoms with E-state index in [1.807, 2.05) is 6.92 Å². The van der Waals surface area contributed by atoms with E-state index in [9.17, 15) is 0 Å². The maximum atomic E-state index is 5.01. The number of rotatable bonds is 8. The fourth-order valence-electron chi connectivity index (χ4n) is 4.69. The Morgan fingerprint density at radius 3 is 2.52 bits per heavy atom. The summed E-state index contributed by atoms with van der Waals surface area (Å²) in [4.78, 5) is 14.7. The minimum Gasteiger partial charge on any atom is -0.352 e. The second-order valence-electron chi connectivity index (χ2n) is 9.41. The molecule has 6 heteroatoms. The van der Waals surface area contributed by atoms with E-state index in [0.717, 1.165) is 66.6 Å². The number of benzene rings is 1. The Morgan fingerprint density at radius 1 is 1.06 bits per heavy atom. The van der Waals surface area contributed by atoms with Gasteiger partial charge in [0.15, 0.2) is 5.65 Å². The third-order valence-corrected chi connectivity index (χ3v) is 6.22. The number of anilines is 1. The van der Waals surface area contributed by atoms with Crippen molar-refractivity contribution < 1.29 is 0 Å². The van der Waals surface area contributed by atoms with Crippen LogP contribution in [0.3, 0.4) is 0 Å². The van der Waals surface area contributed by atoms with Gasteiger partial charge >= 0.3 is 0 Å². The predicted octanol–water partition coefficient (Wildman–Crippen LogP) is 5.04. The van der Waals surface area contributed by atoms with Gasteiger partial charge in [0.25, 0.3) is 0 Å². The number of nitrogens with zero attached hydrogens (tertiary/aromatic N) is 4. The molecule has 1 saturated heterocycles. The highest BCUT2D eigenvalue weighted by Gasteiger charge is 2.20. The summed E-state index contributed by atoms with van der Waals surface area (Å²) in [5, 5.41) is 6.99. The lowest BCUT2D eigenvalue weighted by molar-refractivity contribution is 0.339. The standard InChI is InChI=1S/C25H36N6/c1-17(2)16-18(3)27-25-28-19(4)22-24(30-25)31(15-12-20-10-13-26-14-11-20)23(29-22)21-8-6-5-7-9-21/h5-9,17-18,20,26H,10-16H2,1-4H3,(H,27,28,30). The van der Waals surface area contributed by atoms with Gasteiger partial charge in [0.2, 0.25) is 5.95 Å². The van der Waals surface area contributed by atoms with Crippen LogP contribution in [0.4, 0.5) is 5.95 Å². The lowest BCUT2D eigenvalue weighted by Crippen LogP contribution is -2.28. The smallest absolute Gasteiger partial charge is 0.225 e. The van der Waals surface area contributed by atoms with Crippen LogP contribution in [-0.4, -0.2) is 38.7 Å². The largest absolute Gasteiger partial charge is 0.352 e. The molecule has 2 N–H and O–H groups in total. The van der Waals surface area contributed by atoms with Gasteiger partial charge in [0.05, 0.1) is 5.69 Å². The summed E-state index contributed by atoms with van der Waals surface area (Å²) in [6.07, 6.45) is 4.74. The zero-order valence-electron chi connectivity index (χ0n) is 19.4. The zero-order chi connectivity index (χ0) is 21.8. The van der Waals surface area contributed by atoms with Gasteiger partial charge in [-0.1, -0.05) is 44.2 Å². The van der Waals surface area contributed by atoms with Crippen molar-refractivity contribution in [1.29, 1.82) is 0 Å². The topological polar surface area (TPSA) is 67.7 Å². The maximum absolute atomic E-state index is 5.01. The fraction of sp³-hybridized carbons (Fsp3) is 0.560. The summed E-state index contributed by atoms with van der Waals surface area (Å²) in [6, 6.07) is 10.8. The molecule has 1 fully saturated rings. The molecular weight excluding hydrogens is 384 g/mol. The van der Waals surface area contributed by atoms with Crippen LogP contribution in [0.1, 0.15) is 52.1 Å². The first-order valence-corrected chi connectivity index (χ1v) is 11.8. The van der Waals surface area contributed by atoms with Gasteiger partial charge < -0.3 is 15.2 Å². The van der Waals surface area contributed by atoms with Gasteiger partial charge in [-0.25, -0.2) is 9.97 Å². The molecule has 0 spiro atoms. The summed E-state index contributed by atoms with van der Waals surface area (Å²) in [5.74, 6) is 3.09. The number of nitrogens with one attached hydrogen (secondary N) is 2. The Morgan fingerprint density at radius 2 is 1.81 bits per heavy atom. The summed E-state index contributed by atoms with van der Waals surface area (Å²) >= 11 is 0. The molecule has 1 aliphatic rings. The molecule has 31 heavy (non-hydrogen) atoms. The Kier molecular flexibility index (Phi) is 6.86. The van der Waals surface area contributed by atoms with Gasteiger partial charge in [-0.15, -0.1) is 0 Å². The quantitative estimate of drug-likeness (QED) is 0.534. The monoisotopic (exact) mass is 420 g/mol. The lowest BCUT2D eigenvalue weighted by atomic mass is 9.95. The molecular formula is C25H36N6. The third kappa shape index (κ3) is 5.24. The van der Waals surface area contributed by atoms with E-state index in [0.29, 0.717) is 17.9 Å². The Hall–Kier alpha value is -2.47. The van der Waals surface area contributed by atoms with Crippen molar-refractivity contribution in [3.63, 3.8) is 0 Å². The fourth-order valence-corrected chi connectivity index (χ4v) is 4.69. The summed E-state index contributed by atoms with van der Waals surface area (Å²) in [7, 11) is 0. The van der Waals surface area contributed by atoms with Crippen molar-refractivity contribution in [3.05, 3.63) is 36.0 Å². The van der Waals surface area contributed by atoms with Crippen molar-refractivity contribution >= 4 is 17.1 Å². The van der Waals surface area contributed by atoms with Crippen LogP contribution >= 0.6 is 0 Å². The molecule has 6 nitrogen and oxygen atoms in total. The van der Waals surface area contributed by atoms with Crippen LogP contribution in [0, 0.1) is 18.8 Å². The molecule has 0 aliphatic carbocycles. The molecule has 3 heterocycles. The first kappa shape index (κ1) is 21.8.